The van der Waals surface area contributed by atoms with E-state index in [1.54, 1.807) is 25.6 Å². The molecule has 7 rings (SSSR count). The molecule has 1 amide bonds. The summed E-state index contributed by atoms with van der Waals surface area (Å²) in [6.45, 7) is 1.36. The van der Waals surface area contributed by atoms with Crippen LogP contribution in [0.2, 0.25) is 0 Å². The number of methoxy groups -OCH3 is 1. The summed E-state index contributed by atoms with van der Waals surface area (Å²) in [5, 5.41) is 18.7. The molecule has 12 nitrogen and oxygen atoms in total. The van der Waals surface area contributed by atoms with Gasteiger partial charge in [0.25, 0.3) is 0 Å². The van der Waals surface area contributed by atoms with Crippen molar-refractivity contribution >= 4 is 34.2 Å². The van der Waals surface area contributed by atoms with Crippen molar-refractivity contribution < 1.29 is 23.8 Å². The minimum absolute atomic E-state index is 0.106. The molecule has 44 heavy (non-hydrogen) atoms. The molecule has 12 heteroatoms. The largest absolute Gasteiger partial charge is 0.497 e. The summed E-state index contributed by atoms with van der Waals surface area (Å²) < 4.78 is 19.4. The first-order valence-corrected chi connectivity index (χ1v) is 14.3. The van der Waals surface area contributed by atoms with Gasteiger partial charge in [-0.25, -0.2) is 19.4 Å². The van der Waals surface area contributed by atoms with Gasteiger partial charge in [0, 0.05) is 43.2 Å². The summed E-state index contributed by atoms with van der Waals surface area (Å²) in [5.74, 6) is 3.02. The van der Waals surface area contributed by atoms with Crippen LogP contribution in [0.5, 0.6) is 17.2 Å². The maximum Gasteiger partial charge on any atom is 0.407 e. The fourth-order valence-electron chi connectivity index (χ4n) is 5.42. The Kier molecular flexibility index (Phi) is 7.14. The normalized spacial score (nSPS) is 15.0. The summed E-state index contributed by atoms with van der Waals surface area (Å²) in [6.07, 6.45) is 4.03. The highest BCUT2D eigenvalue weighted by molar-refractivity contribution is 5.93. The van der Waals surface area contributed by atoms with E-state index in [0.29, 0.717) is 65.1 Å². The van der Waals surface area contributed by atoms with Crippen molar-refractivity contribution in [3.05, 3.63) is 84.7 Å². The number of hydrogen-bond acceptors (Lipinski definition) is 9. The number of likely N-dealkylation sites (tertiary alicyclic amines) is 1. The van der Waals surface area contributed by atoms with Crippen LogP contribution in [0.1, 0.15) is 18.4 Å². The first kappa shape index (κ1) is 27.2. The lowest BCUT2D eigenvalue weighted by Gasteiger charge is -2.31. The summed E-state index contributed by atoms with van der Waals surface area (Å²) in [5.41, 5.74) is 3.64. The van der Waals surface area contributed by atoms with E-state index in [0.717, 1.165) is 29.7 Å². The third-order valence-electron chi connectivity index (χ3n) is 7.61. The lowest BCUT2D eigenvalue weighted by molar-refractivity contribution is 0.133. The van der Waals surface area contributed by atoms with E-state index >= 15 is 0 Å². The van der Waals surface area contributed by atoms with Crippen LogP contribution in [0.15, 0.2) is 83.5 Å². The van der Waals surface area contributed by atoms with Crippen LogP contribution >= 0.6 is 0 Å². The van der Waals surface area contributed by atoms with Crippen molar-refractivity contribution in [1.82, 2.24) is 29.6 Å². The Hall–Kier alpha value is -5.65. The minimum Gasteiger partial charge on any atom is -0.497 e. The number of anilines is 1. The Morgan fingerprint density at radius 2 is 1.86 bits per heavy atom. The molecule has 222 valence electrons. The van der Waals surface area contributed by atoms with Crippen LogP contribution in [0.3, 0.4) is 0 Å². The Bertz CT molecular complexity index is 1900. The monoisotopic (exact) mass is 591 g/mol. The van der Waals surface area contributed by atoms with E-state index < -0.39 is 6.09 Å². The van der Waals surface area contributed by atoms with Gasteiger partial charge < -0.3 is 29.2 Å². The summed E-state index contributed by atoms with van der Waals surface area (Å²) in [7, 11) is 1.64. The van der Waals surface area contributed by atoms with Crippen LogP contribution < -0.4 is 14.8 Å². The number of carboxylic acid groups (broad SMARTS) is 1. The zero-order chi connectivity index (χ0) is 30.0. The predicted octanol–water partition coefficient (Wildman–Crippen LogP) is 6.04. The number of rotatable bonds is 8. The van der Waals surface area contributed by atoms with Crippen LogP contribution in [0, 0.1) is 0 Å². The molecule has 0 bridgehead atoms. The topological polar surface area (TPSA) is 141 Å². The third kappa shape index (κ3) is 5.44. The number of oxazole rings is 1. The summed E-state index contributed by atoms with van der Waals surface area (Å²) >= 11 is 0. The Labute approximate surface area is 251 Å². The number of benzene rings is 2. The minimum atomic E-state index is -0.922. The zero-order valence-corrected chi connectivity index (χ0v) is 23.9. The molecule has 5 heterocycles. The number of carbonyl (C=O) groups is 1. The van der Waals surface area contributed by atoms with Crippen molar-refractivity contribution in [2.75, 3.05) is 25.5 Å². The molecule has 0 saturated carbocycles. The van der Waals surface area contributed by atoms with E-state index in [-0.39, 0.29) is 6.04 Å². The second kappa shape index (κ2) is 11.6. The van der Waals surface area contributed by atoms with Crippen molar-refractivity contribution in [3.63, 3.8) is 0 Å². The molecule has 1 aliphatic rings. The van der Waals surface area contributed by atoms with Gasteiger partial charge in [0.15, 0.2) is 22.7 Å². The van der Waals surface area contributed by atoms with Crippen molar-refractivity contribution in [3.8, 4) is 28.7 Å². The number of amides is 1. The fraction of sp³-hybridized carbons (Fsp3) is 0.219. The predicted molar refractivity (Wildman–Crippen MR) is 163 cm³/mol. The molecule has 0 unspecified atom stereocenters. The lowest BCUT2D eigenvalue weighted by atomic mass is 10.1. The number of hydrogen-bond donors (Lipinski definition) is 2. The van der Waals surface area contributed by atoms with E-state index in [1.165, 1.54) is 4.90 Å². The number of nitrogens with one attached hydrogen (secondary N) is 1. The van der Waals surface area contributed by atoms with E-state index in [4.69, 9.17) is 19.0 Å². The first-order valence-electron chi connectivity index (χ1n) is 14.3. The molecule has 2 aromatic carbocycles. The van der Waals surface area contributed by atoms with Crippen molar-refractivity contribution in [2.24, 2.45) is 0 Å². The maximum atomic E-state index is 11.7. The molecule has 1 atom stereocenters. The smallest absolute Gasteiger partial charge is 0.407 e. The maximum absolute atomic E-state index is 11.7. The zero-order valence-electron chi connectivity index (χ0n) is 23.9. The molecule has 0 spiro atoms. The summed E-state index contributed by atoms with van der Waals surface area (Å²) in [4.78, 5) is 26.5. The molecular weight excluding hydrogens is 562 g/mol. The quantitative estimate of drug-likeness (QED) is 0.215. The van der Waals surface area contributed by atoms with Gasteiger partial charge in [0.2, 0.25) is 5.89 Å². The van der Waals surface area contributed by atoms with E-state index in [2.05, 4.69) is 20.3 Å². The van der Waals surface area contributed by atoms with Gasteiger partial charge >= 0.3 is 6.09 Å². The summed E-state index contributed by atoms with van der Waals surface area (Å²) in [6, 6.07) is 20.6. The van der Waals surface area contributed by atoms with Crippen molar-refractivity contribution in [2.45, 2.75) is 25.4 Å². The second-order valence-electron chi connectivity index (χ2n) is 10.5. The van der Waals surface area contributed by atoms with Gasteiger partial charge in [-0.05, 0) is 66.9 Å². The average Bonchev–Trinajstić information content (AvgIpc) is 3.64. The highest BCUT2D eigenvalue weighted by Crippen LogP contribution is 2.36. The van der Waals surface area contributed by atoms with Gasteiger partial charge in [-0.3, -0.25) is 0 Å². The van der Waals surface area contributed by atoms with Gasteiger partial charge in [-0.2, -0.15) is 10.1 Å². The van der Waals surface area contributed by atoms with Gasteiger partial charge in [-0.15, -0.1) is 0 Å². The second-order valence-corrected chi connectivity index (χ2v) is 10.5. The molecule has 4 aromatic heterocycles. The number of nitrogens with zero attached hydrogens (tertiary/aromatic N) is 6. The number of pyridine rings is 2. The average molecular weight is 592 g/mol. The fourth-order valence-corrected chi connectivity index (χ4v) is 5.42. The van der Waals surface area contributed by atoms with E-state index in [1.807, 2.05) is 65.3 Å². The van der Waals surface area contributed by atoms with Crippen LogP contribution in [-0.2, 0) is 6.54 Å². The van der Waals surface area contributed by atoms with E-state index in [9.17, 15) is 9.90 Å². The molecule has 1 fully saturated rings. The Morgan fingerprint density at radius 3 is 2.64 bits per heavy atom. The molecular formula is C32H29N7O5. The molecule has 0 radical (unpaired) electrons. The van der Waals surface area contributed by atoms with Gasteiger partial charge in [-0.1, -0.05) is 12.1 Å². The van der Waals surface area contributed by atoms with Gasteiger partial charge in [0.1, 0.15) is 22.6 Å². The molecule has 6 aromatic rings. The number of piperidine rings is 1. The molecule has 0 aliphatic carbocycles. The highest BCUT2D eigenvalue weighted by Gasteiger charge is 2.26. The van der Waals surface area contributed by atoms with Gasteiger partial charge in [0.05, 0.1) is 13.7 Å². The lowest BCUT2D eigenvalue weighted by Crippen LogP contribution is -2.44. The number of fused-ring (bicyclic) bond motifs is 2. The Morgan fingerprint density at radius 1 is 1.05 bits per heavy atom. The van der Waals surface area contributed by atoms with Crippen molar-refractivity contribution in [1.29, 1.82) is 0 Å². The first-order chi connectivity index (χ1) is 21.5. The third-order valence-corrected chi connectivity index (χ3v) is 7.61. The number of aromatic nitrogens is 5. The Balaban J connectivity index is 1.21. The van der Waals surface area contributed by atoms with Crippen LogP contribution in [-0.4, -0.2) is 67.1 Å². The highest BCUT2D eigenvalue weighted by atomic mass is 16.5. The molecule has 2 N–H and O–H groups in total. The number of ether oxygens (including phenoxy) is 2. The SMILES string of the molecule is COc1ccc(Cn2nc(N[C@@H]3CCCN(C(=O)O)C3)c3c(Oc4ccc(-c5nc6ncccc6o5)cc4)ccnc32)cc1. The standard InChI is InChI=1S/C32H29N7O5/c1-42-23-10-6-20(7-11-23)18-39-30-27(29(37-39)35-22-4-3-17-38(19-22)32(40)41)25(14-16-34-30)43-24-12-8-21(9-13-24)31-36-28-26(44-31)5-2-15-33-28/h2,5-16,22H,3-4,17-19H2,1H3,(H,35,37)(H,40,41)/t22-/m1/s1. The van der Waals surface area contributed by atoms with Crippen LogP contribution in [0.25, 0.3) is 33.7 Å². The van der Waals surface area contributed by atoms with Crippen LogP contribution in [0.4, 0.5) is 10.6 Å². The molecule has 1 aliphatic heterocycles. The molecule has 1 saturated heterocycles.